The Morgan fingerprint density at radius 2 is 1.55 bits per heavy atom. The molecule has 0 aliphatic rings. The van der Waals surface area contributed by atoms with Crippen LogP contribution < -0.4 is 4.74 Å². The molecule has 0 saturated heterocycles. The highest BCUT2D eigenvalue weighted by Crippen LogP contribution is 2.30. The molecule has 1 aromatic heterocycles. The van der Waals surface area contributed by atoms with E-state index in [-0.39, 0.29) is 22.7 Å². The van der Waals surface area contributed by atoms with Crippen LogP contribution in [0.1, 0.15) is 20.8 Å². The SMILES string of the molecule is COC(=O)c1c(-c2ccc(OC(F)F)cc2)nn(-c2ccccc2)c1C(=O)OC. The van der Waals surface area contributed by atoms with E-state index in [0.717, 1.165) is 0 Å². The Morgan fingerprint density at radius 3 is 2.10 bits per heavy atom. The first kappa shape index (κ1) is 20.0. The van der Waals surface area contributed by atoms with Crippen LogP contribution in [0.2, 0.25) is 0 Å². The van der Waals surface area contributed by atoms with Gasteiger partial charge in [-0.3, -0.25) is 0 Å². The molecule has 0 aliphatic carbocycles. The summed E-state index contributed by atoms with van der Waals surface area (Å²) in [5.74, 6) is -1.64. The van der Waals surface area contributed by atoms with Crippen LogP contribution in [0.5, 0.6) is 5.75 Å². The van der Waals surface area contributed by atoms with Gasteiger partial charge in [-0.2, -0.15) is 13.9 Å². The van der Waals surface area contributed by atoms with Crippen molar-refractivity contribution in [2.75, 3.05) is 14.2 Å². The zero-order valence-corrected chi connectivity index (χ0v) is 15.5. The molecule has 3 rings (SSSR count). The highest BCUT2D eigenvalue weighted by atomic mass is 19.3. The van der Waals surface area contributed by atoms with Gasteiger partial charge in [0.2, 0.25) is 0 Å². The van der Waals surface area contributed by atoms with E-state index in [9.17, 15) is 18.4 Å². The molecule has 0 N–H and O–H groups in total. The number of methoxy groups -OCH3 is 2. The fourth-order valence-corrected chi connectivity index (χ4v) is 2.75. The minimum absolute atomic E-state index is 0.0564. The second-order valence-electron chi connectivity index (χ2n) is 5.71. The molecule has 0 atom stereocenters. The number of alkyl halides is 2. The number of benzene rings is 2. The maximum atomic E-state index is 12.5. The quantitative estimate of drug-likeness (QED) is 0.585. The van der Waals surface area contributed by atoms with Crippen LogP contribution in [-0.4, -0.2) is 42.6 Å². The van der Waals surface area contributed by atoms with E-state index in [1.807, 2.05) is 0 Å². The summed E-state index contributed by atoms with van der Waals surface area (Å²) in [4.78, 5) is 25.0. The van der Waals surface area contributed by atoms with E-state index >= 15 is 0 Å². The third-order valence-corrected chi connectivity index (χ3v) is 4.01. The lowest BCUT2D eigenvalue weighted by Gasteiger charge is -2.07. The smallest absolute Gasteiger partial charge is 0.387 e. The third kappa shape index (κ3) is 4.08. The largest absolute Gasteiger partial charge is 0.465 e. The van der Waals surface area contributed by atoms with Crippen molar-refractivity contribution < 1.29 is 32.6 Å². The Morgan fingerprint density at radius 1 is 0.931 bits per heavy atom. The highest BCUT2D eigenvalue weighted by Gasteiger charge is 2.31. The Balaban J connectivity index is 2.22. The number of carbonyl (C=O) groups excluding carboxylic acids is 2. The second kappa shape index (κ2) is 8.51. The summed E-state index contributed by atoms with van der Waals surface area (Å²) in [6, 6.07) is 14.2. The average Bonchev–Trinajstić information content (AvgIpc) is 3.14. The van der Waals surface area contributed by atoms with E-state index < -0.39 is 18.6 Å². The van der Waals surface area contributed by atoms with Crippen LogP contribution in [0.15, 0.2) is 54.6 Å². The molecule has 0 fully saturated rings. The number of hydrogen-bond acceptors (Lipinski definition) is 6. The molecule has 3 aromatic rings. The molecule has 0 aliphatic heterocycles. The van der Waals surface area contributed by atoms with Crippen LogP contribution in [0.3, 0.4) is 0 Å². The molecule has 0 spiro atoms. The summed E-state index contributed by atoms with van der Waals surface area (Å²) >= 11 is 0. The molecule has 29 heavy (non-hydrogen) atoms. The molecule has 9 heteroatoms. The van der Waals surface area contributed by atoms with Crippen LogP contribution >= 0.6 is 0 Å². The summed E-state index contributed by atoms with van der Waals surface area (Å²) in [5, 5.41) is 4.41. The number of para-hydroxylation sites is 1. The van der Waals surface area contributed by atoms with Crippen molar-refractivity contribution in [3.8, 4) is 22.7 Å². The highest BCUT2D eigenvalue weighted by molar-refractivity contribution is 6.06. The van der Waals surface area contributed by atoms with Crippen molar-refractivity contribution >= 4 is 11.9 Å². The van der Waals surface area contributed by atoms with Gasteiger partial charge in [0.25, 0.3) is 0 Å². The molecule has 0 amide bonds. The van der Waals surface area contributed by atoms with E-state index in [4.69, 9.17) is 9.47 Å². The van der Waals surface area contributed by atoms with Gasteiger partial charge in [-0.15, -0.1) is 0 Å². The molecular weight excluding hydrogens is 386 g/mol. The molecule has 1 heterocycles. The zero-order valence-electron chi connectivity index (χ0n) is 15.5. The molecule has 2 aromatic carbocycles. The van der Waals surface area contributed by atoms with Gasteiger partial charge in [0, 0.05) is 5.56 Å². The van der Waals surface area contributed by atoms with Crippen molar-refractivity contribution in [2.45, 2.75) is 6.61 Å². The Kier molecular flexibility index (Phi) is 5.87. The Bertz CT molecular complexity index is 1020. The van der Waals surface area contributed by atoms with Gasteiger partial charge in [-0.1, -0.05) is 18.2 Å². The number of halogens is 2. The van der Waals surface area contributed by atoms with Crippen molar-refractivity contribution in [1.82, 2.24) is 9.78 Å². The molecular formula is C20H16F2N2O5. The minimum atomic E-state index is -2.96. The molecule has 0 saturated carbocycles. The topological polar surface area (TPSA) is 79.7 Å². The number of hydrogen-bond donors (Lipinski definition) is 0. The van der Waals surface area contributed by atoms with E-state index in [2.05, 4.69) is 9.84 Å². The predicted octanol–water partition coefficient (Wildman–Crippen LogP) is 3.71. The minimum Gasteiger partial charge on any atom is -0.465 e. The predicted molar refractivity (Wildman–Crippen MR) is 98.3 cm³/mol. The first-order chi connectivity index (χ1) is 14.0. The second-order valence-corrected chi connectivity index (χ2v) is 5.71. The number of carbonyl (C=O) groups is 2. The van der Waals surface area contributed by atoms with Gasteiger partial charge >= 0.3 is 18.6 Å². The van der Waals surface area contributed by atoms with Crippen LogP contribution in [0.25, 0.3) is 16.9 Å². The maximum Gasteiger partial charge on any atom is 0.387 e. The number of ether oxygens (including phenoxy) is 3. The number of rotatable bonds is 6. The summed E-state index contributed by atoms with van der Waals surface area (Å²) in [5.41, 5.74) is 0.817. The van der Waals surface area contributed by atoms with E-state index in [1.54, 1.807) is 30.3 Å². The third-order valence-electron chi connectivity index (χ3n) is 4.01. The van der Waals surface area contributed by atoms with Crippen molar-refractivity contribution in [3.63, 3.8) is 0 Å². The molecule has 0 unspecified atom stereocenters. The van der Waals surface area contributed by atoms with Crippen LogP contribution in [0, 0.1) is 0 Å². The first-order valence-corrected chi connectivity index (χ1v) is 8.36. The maximum absolute atomic E-state index is 12.5. The lowest BCUT2D eigenvalue weighted by molar-refractivity contribution is -0.0498. The van der Waals surface area contributed by atoms with E-state index in [0.29, 0.717) is 11.3 Å². The summed E-state index contributed by atoms with van der Waals surface area (Å²) < 4.78 is 40.0. The van der Waals surface area contributed by atoms with Gasteiger partial charge in [0.1, 0.15) is 17.0 Å². The van der Waals surface area contributed by atoms with Gasteiger partial charge in [0.15, 0.2) is 5.69 Å². The zero-order chi connectivity index (χ0) is 21.0. The normalized spacial score (nSPS) is 10.7. The molecule has 0 bridgehead atoms. The van der Waals surface area contributed by atoms with Crippen molar-refractivity contribution in [2.24, 2.45) is 0 Å². The molecule has 7 nitrogen and oxygen atoms in total. The monoisotopic (exact) mass is 402 g/mol. The Hall–Kier alpha value is -3.75. The van der Waals surface area contributed by atoms with Gasteiger partial charge in [-0.25, -0.2) is 14.3 Å². The summed E-state index contributed by atoms with van der Waals surface area (Å²) in [6.45, 7) is -2.96. The van der Waals surface area contributed by atoms with Crippen LogP contribution in [-0.2, 0) is 9.47 Å². The lowest BCUT2D eigenvalue weighted by Crippen LogP contribution is -2.15. The van der Waals surface area contributed by atoms with Gasteiger partial charge in [-0.05, 0) is 36.4 Å². The fourth-order valence-electron chi connectivity index (χ4n) is 2.75. The van der Waals surface area contributed by atoms with Crippen molar-refractivity contribution in [3.05, 3.63) is 65.9 Å². The number of aromatic nitrogens is 2. The summed E-state index contributed by atoms with van der Waals surface area (Å²) in [6.07, 6.45) is 0. The molecule has 150 valence electrons. The van der Waals surface area contributed by atoms with Gasteiger partial charge < -0.3 is 14.2 Å². The van der Waals surface area contributed by atoms with Gasteiger partial charge in [0.05, 0.1) is 19.9 Å². The molecule has 0 radical (unpaired) electrons. The van der Waals surface area contributed by atoms with Crippen LogP contribution in [0.4, 0.5) is 8.78 Å². The standard InChI is InChI=1S/C20H16F2N2O5/c1-27-18(25)15-16(12-8-10-14(11-9-12)29-20(21)22)23-24(17(15)19(26)28-2)13-6-4-3-5-7-13/h3-11,20H,1-2H3. The van der Waals surface area contributed by atoms with E-state index in [1.165, 1.54) is 43.2 Å². The average molecular weight is 402 g/mol. The number of esters is 2. The summed E-state index contributed by atoms with van der Waals surface area (Å²) in [7, 11) is 2.36. The Labute approximate surface area is 164 Å². The van der Waals surface area contributed by atoms with Crippen molar-refractivity contribution in [1.29, 1.82) is 0 Å². The fraction of sp³-hybridized carbons (Fsp3) is 0.150. The lowest BCUT2D eigenvalue weighted by atomic mass is 10.1. The number of nitrogens with zero attached hydrogens (tertiary/aromatic N) is 2. The first-order valence-electron chi connectivity index (χ1n) is 8.36.